The molecule has 0 saturated heterocycles. The third-order valence-electron chi connectivity index (χ3n) is 2.74. The number of methoxy groups -OCH3 is 1. The number of benzene rings is 2. The molecular weight excluding hydrogens is 274 g/mol. The lowest BCUT2D eigenvalue weighted by Gasteiger charge is -2.03. The summed E-state index contributed by atoms with van der Waals surface area (Å²) < 4.78 is 4.95. The first kappa shape index (κ1) is 14.4. The van der Waals surface area contributed by atoms with Crippen LogP contribution in [0, 0.1) is 10.1 Å². The van der Waals surface area contributed by atoms with Gasteiger partial charge in [0.25, 0.3) is 5.69 Å². The Labute approximate surface area is 120 Å². The monoisotopic (exact) mass is 287 g/mol. The summed E-state index contributed by atoms with van der Waals surface area (Å²) in [6, 6.07) is 10.7. The molecule has 0 heterocycles. The number of nitrogens with zero attached hydrogens (tertiary/aromatic N) is 3. The van der Waals surface area contributed by atoms with Crippen molar-refractivity contribution in [3.05, 3.63) is 58.1 Å². The van der Waals surface area contributed by atoms with Crippen LogP contribution in [0.3, 0.4) is 0 Å². The first-order chi connectivity index (χ1) is 10.1. The highest BCUT2D eigenvalue weighted by molar-refractivity contribution is 5.44. The summed E-state index contributed by atoms with van der Waals surface area (Å²) >= 11 is 0. The summed E-state index contributed by atoms with van der Waals surface area (Å²) in [6.07, 6.45) is 0. The molecule has 0 aliphatic carbocycles. The van der Waals surface area contributed by atoms with Gasteiger partial charge in [0.05, 0.1) is 24.3 Å². The minimum absolute atomic E-state index is 0.00836. The molecule has 0 radical (unpaired) electrons. The molecule has 21 heavy (non-hydrogen) atoms. The van der Waals surface area contributed by atoms with Gasteiger partial charge in [-0.1, -0.05) is 6.07 Å². The van der Waals surface area contributed by atoms with Gasteiger partial charge in [-0.25, -0.2) is 0 Å². The maximum absolute atomic E-state index is 10.5. The van der Waals surface area contributed by atoms with Gasteiger partial charge in [0.2, 0.25) is 0 Å². The van der Waals surface area contributed by atoms with Crippen LogP contribution in [0.4, 0.5) is 11.4 Å². The van der Waals surface area contributed by atoms with Gasteiger partial charge < -0.3 is 9.84 Å². The van der Waals surface area contributed by atoms with Gasteiger partial charge in [0.1, 0.15) is 0 Å². The molecular formula is C14H13N3O4. The summed E-state index contributed by atoms with van der Waals surface area (Å²) in [5, 5.41) is 28.1. The van der Waals surface area contributed by atoms with Crippen LogP contribution in [-0.2, 0) is 6.54 Å². The quantitative estimate of drug-likeness (QED) is 0.516. The van der Waals surface area contributed by atoms with Gasteiger partial charge in [-0.05, 0) is 29.8 Å². The number of non-ortho nitro benzene ring substituents is 1. The average Bonchev–Trinajstić information content (AvgIpc) is 2.48. The molecule has 0 spiro atoms. The molecule has 0 bridgehead atoms. The van der Waals surface area contributed by atoms with Crippen molar-refractivity contribution in [1.29, 1.82) is 0 Å². The molecule has 2 rings (SSSR count). The molecule has 2 aromatic rings. The number of rotatable bonds is 5. The van der Waals surface area contributed by atoms with E-state index in [2.05, 4.69) is 10.2 Å². The lowest BCUT2D eigenvalue weighted by atomic mass is 10.2. The molecule has 0 atom stereocenters. The molecule has 0 aromatic heterocycles. The minimum Gasteiger partial charge on any atom is -0.504 e. The third kappa shape index (κ3) is 3.75. The van der Waals surface area contributed by atoms with Gasteiger partial charge >= 0.3 is 0 Å². The predicted molar refractivity (Wildman–Crippen MR) is 76.0 cm³/mol. The first-order valence-electron chi connectivity index (χ1n) is 6.08. The maximum atomic E-state index is 10.5. The van der Waals surface area contributed by atoms with Gasteiger partial charge in [0, 0.05) is 12.1 Å². The third-order valence-corrected chi connectivity index (χ3v) is 2.74. The number of phenolic OH excluding ortho intramolecular Hbond substituents is 1. The van der Waals surface area contributed by atoms with Crippen molar-refractivity contribution in [2.24, 2.45) is 10.2 Å². The van der Waals surface area contributed by atoms with E-state index in [0.717, 1.165) is 5.56 Å². The molecule has 7 nitrogen and oxygen atoms in total. The zero-order valence-corrected chi connectivity index (χ0v) is 11.3. The average molecular weight is 287 g/mol. The number of nitro groups is 1. The van der Waals surface area contributed by atoms with E-state index in [0.29, 0.717) is 11.4 Å². The summed E-state index contributed by atoms with van der Waals surface area (Å²) in [4.78, 5) is 10.0. The second-order valence-electron chi connectivity index (χ2n) is 4.18. The summed E-state index contributed by atoms with van der Waals surface area (Å²) in [6.45, 7) is 0.286. The molecule has 0 unspecified atom stereocenters. The lowest BCUT2D eigenvalue weighted by molar-refractivity contribution is -0.384. The van der Waals surface area contributed by atoms with E-state index in [-0.39, 0.29) is 18.0 Å². The van der Waals surface area contributed by atoms with Gasteiger partial charge in [-0.3, -0.25) is 10.1 Å². The number of aromatic hydroxyl groups is 1. The van der Waals surface area contributed by atoms with Crippen molar-refractivity contribution >= 4 is 11.4 Å². The normalized spacial score (nSPS) is 10.7. The highest BCUT2D eigenvalue weighted by Gasteiger charge is 2.04. The fourth-order valence-electron chi connectivity index (χ4n) is 1.67. The Hall–Kier alpha value is -2.96. The van der Waals surface area contributed by atoms with Gasteiger partial charge in [0.15, 0.2) is 11.5 Å². The highest BCUT2D eigenvalue weighted by Crippen LogP contribution is 2.26. The number of hydrogen-bond acceptors (Lipinski definition) is 6. The predicted octanol–water partition coefficient (Wildman–Crippen LogP) is 3.59. The Morgan fingerprint density at radius 1 is 1.24 bits per heavy atom. The van der Waals surface area contributed by atoms with Crippen molar-refractivity contribution in [3.63, 3.8) is 0 Å². The fraction of sp³-hybridized carbons (Fsp3) is 0.143. The fourth-order valence-corrected chi connectivity index (χ4v) is 1.67. The van der Waals surface area contributed by atoms with Gasteiger partial charge in [-0.2, -0.15) is 10.2 Å². The zero-order valence-electron chi connectivity index (χ0n) is 11.3. The van der Waals surface area contributed by atoms with Crippen molar-refractivity contribution in [3.8, 4) is 11.5 Å². The number of ether oxygens (including phenoxy) is 1. The molecule has 2 aromatic carbocycles. The van der Waals surface area contributed by atoms with Crippen LogP contribution in [0.15, 0.2) is 52.7 Å². The van der Waals surface area contributed by atoms with Crippen molar-refractivity contribution in [1.82, 2.24) is 0 Å². The lowest BCUT2D eigenvalue weighted by Crippen LogP contribution is -1.86. The number of azo groups is 1. The maximum Gasteiger partial charge on any atom is 0.269 e. The van der Waals surface area contributed by atoms with Crippen molar-refractivity contribution in [2.75, 3.05) is 7.11 Å². The van der Waals surface area contributed by atoms with E-state index in [4.69, 9.17) is 4.74 Å². The zero-order chi connectivity index (χ0) is 15.2. The molecule has 0 fully saturated rings. The van der Waals surface area contributed by atoms with Crippen LogP contribution in [0.25, 0.3) is 0 Å². The molecule has 108 valence electrons. The Bertz CT molecular complexity index is 668. The van der Waals surface area contributed by atoms with E-state index in [9.17, 15) is 15.2 Å². The minimum atomic E-state index is -0.471. The summed E-state index contributed by atoms with van der Waals surface area (Å²) in [5.74, 6) is 0.437. The Kier molecular flexibility index (Phi) is 4.45. The second-order valence-corrected chi connectivity index (χ2v) is 4.18. The van der Waals surface area contributed by atoms with E-state index < -0.39 is 4.92 Å². The number of nitro benzene ring substituents is 1. The number of phenols is 1. The van der Waals surface area contributed by atoms with Crippen molar-refractivity contribution < 1.29 is 14.8 Å². The Balaban J connectivity index is 2.01. The van der Waals surface area contributed by atoms with Crippen LogP contribution < -0.4 is 4.74 Å². The molecule has 1 N–H and O–H groups in total. The SMILES string of the molecule is COc1ccc(CN=Nc2ccc([N+](=O)[O-])cc2)cc1O. The smallest absolute Gasteiger partial charge is 0.269 e. The second kappa shape index (κ2) is 6.47. The molecule has 0 aliphatic rings. The van der Waals surface area contributed by atoms with Gasteiger partial charge in [-0.15, -0.1) is 0 Å². The largest absolute Gasteiger partial charge is 0.504 e. The van der Waals surface area contributed by atoms with Crippen LogP contribution >= 0.6 is 0 Å². The number of hydrogen-bond donors (Lipinski definition) is 1. The van der Waals surface area contributed by atoms with Crippen molar-refractivity contribution in [2.45, 2.75) is 6.54 Å². The van der Waals surface area contributed by atoms with Crippen LogP contribution in [0.5, 0.6) is 11.5 Å². The van der Waals surface area contributed by atoms with E-state index in [1.807, 2.05) is 0 Å². The van der Waals surface area contributed by atoms with Crippen LogP contribution in [0.2, 0.25) is 0 Å². The topological polar surface area (TPSA) is 97.3 Å². The summed E-state index contributed by atoms with van der Waals surface area (Å²) in [5.41, 5.74) is 1.31. The highest BCUT2D eigenvalue weighted by atomic mass is 16.6. The standard InChI is InChI=1S/C14H13N3O4/c1-21-14-7-2-10(8-13(14)18)9-15-16-11-3-5-12(6-4-11)17(19)20/h2-8,18H,9H2,1H3. The van der Waals surface area contributed by atoms with E-state index >= 15 is 0 Å². The van der Waals surface area contributed by atoms with E-state index in [1.165, 1.54) is 31.4 Å². The first-order valence-corrected chi connectivity index (χ1v) is 6.08. The van der Waals surface area contributed by atoms with Crippen LogP contribution in [0.1, 0.15) is 5.56 Å². The van der Waals surface area contributed by atoms with Crippen LogP contribution in [-0.4, -0.2) is 17.1 Å². The molecule has 7 heteroatoms. The molecule has 0 saturated carbocycles. The Morgan fingerprint density at radius 3 is 2.52 bits per heavy atom. The summed E-state index contributed by atoms with van der Waals surface area (Å²) in [7, 11) is 1.48. The molecule has 0 amide bonds. The van der Waals surface area contributed by atoms with E-state index in [1.54, 1.807) is 18.2 Å². The molecule has 0 aliphatic heterocycles. The Morgan fingerprint density at radius 2 is 1.95 bits per heavy atom.